The molecule has 7 heteroatoms. The van der Waals surface area contributed by atoms with E-state index in [-0.39, 0.29) is 30.1 Å². The van der Waals surface area contributed by atoms with Crippen LogP contribution in [-0.4, -0.2) is 44.9 Å². The van der Waals surface area contributed by atoms with Crippen LogP contribution in [-0.2, 0) is 0 Å². The molecular formula is C14H20ClF3N2O. The molecule has 3 nitrogen and oxygen atoms in total. The Balaban J connectivity index is 0.00000220. The molecule has 0 aromatic heterocycles. The van der Waals surface area contributed by atoms with Gasteiger partial charge in [0.2, 0.25) is 0 Å². The summed E-state index contributed by atoms with van der Waals surface area (Å²) >= 11 is 0. The fraction of sp³-hybridized carbons (Fsp3) is 0.571. The molecule has 0 spiro atoms. The molecule has 1 atom stereocenters. The summed E-state index contributed by atoms with van der Waals surface area (Å²) in [5, 5.41) is 3.17. The Morgan fingerprint density at radius 1 is 1.24 bits per heavy atom. The van der Waals surface area contributed by atoms with E-state index in [0.717, 1.165) is 25.2 Å². The third-order valence-electron chi connectivity index (χ3n) is 3.60. The average molecular weight is 325 g/mol. The number of ether oxygens (including phenoxy) is 1. The fourth-order valence-electron chi connectivity index (χ4n) is 2.60. The highest BCUT2D eigenvalue weighted by Gasteiger charge is 2.27. The zero-order chi connectivity index (χ0) is 14.5. The van der Waals surface area contributed by atoms with Crippen molar-refractivity contribution in [2.75, 3.05) is 40.0 Å². The lowest BCUT2D eigenvalue weighted by Gasteiger charge is -2.35. The second-order valence-corrected chi connectivity index (χ2v) is 4.78. The topological polar surface area (TPSA) is 24.5 Å². The van der Waals surface area contributed by atoms with Crippen LogP contribution in [0, 0.1) is 11.6 Å². The third kappa shape index (κ3) is 4.25. The first-order chi connectivity index (χ1) is 9.67. The molecule has 1 fully saturated rings. The van der Waals surface area contributed by atoms with Crippen LogP contribution in [0.5, 0.6) is 5.75 Å². The fourth-order valence-corrected chi connectivity index (χ4v) is 2.60. The van der Waals surface area contributed by atoms with Crippen molar-refractivity contribution in [1.82, 2.24) is 10.2 Å². The molecule has 0 unspecified atom stereocenters. The molecule has 1 aliphatic rings. The number of nitrogens with one attached hydrogen (secondary N) is 1. The highest BCUT2D eigenvalue weighted by Crippen LogP contribution is 2.31. The van der Waals surface area contributed by atoms with Gasteiger partial charge in [0, 0.05) is 49.9 Å². The third-order valence-corrected chi connectivity index (χ3v) is 3.60. The molecule has 1 aliphatic heterocycles. The Bertz CT molecular complexity index is 433. The molecule has 21 heavy (non-hydrogen) atoms. The van der Waals surface area contributed by atoms with Crippen molar-refractivity contribution in [3.05, 3.63) is 29.3 Å². The minimum absolute atomic E-state index is 0. The minimum atomic E-state index is -0.682. The van der Waals surface area contributed by atoms with Crippen molar-refractivity contribution in [1.29, 1.82) is 0 Å². The normalized spacial score (nSPS) is 17.1. The lowest BCUT2D eigenvalue weighted by Crippen LogP contribution is -2.45. The van der Waals surface area contributed by atoms with Gasteiger partial charge in [0.1, 0.15) is 17.4 Å². The number of halogens is 4. The van der Waals surface area contributed by atoms with E-state index in [1.54, 1.807) is 0 Å². The second kappa shape index (κ2) is 8.46. The first-order valence-electron chi connectivity index (χ1n) is 6.71. The summed E-state index contributed by atoms with van der Waals surface area (Å²) in [7, 11) is 1.35. The standard InChI is InChI=1S/C14H19F3N2O.ClH/c1-20-10-8-11(16)14(12(17)9-10)13(2-3-15)19-6-4-18-5-7-19;/h8-9,13,18H,2-7H2,1H3;1H/t13-;/m0./s1. The van der Waals surface area contributed by atoms with Gasteiger partial charge >= 0.3 is 0 Å². The van der Waals surface area contributed by atoms with Crippen molar-refractivity contribution in [3.8, 4) is 5.75 Å². The minimum Gasteiger partial charge on any atom is -0.497 e. The molecule has 2 rings (SSSR count). The van der Waals surface area contributed by atoms with Gasteiger partial charge in [-0.05, 0) is 6.42 Å². The smallest absolute Gasteiger partial charge is 0.134 e. The number of methoxy groups -OCH3 is 1. The van der Waals surface area contributed by atoms with Crippen molar-refractivity contribution in [2.45, 2.75) is 12.5 Å². The summed E-state index contributed by atoms with van der Waals surface area (Å²) in [4.78, 5) is 1.92. The molecule has 0 radical (unpaired) electrons. The number of alkyl halides is 1. The van der Waals surface area contributed by atoms with Crippen LogP contribution in [0.25, 0.3) is 0 Å². The average Bonchev–Trinajstić information content (AvgIpc) is 2.46. The van der Waals surface area contributed by atoms with E-state index in [9.17, 15) is 13.2 Å². The van der Waals surface area contributed by atoms with Crippen molar-refractivity contribution in [2.24, 2.45) is 0 Å². The molecule has 0 aliphatic carbocycles. The lowest BCUT2D eigenvalue weighted by atomic mass is 10.00. The van der Waals surface area contributed by atoms with E-state index in [4.69, 9.17) is 4.74 Å². The van der Waals surface area contributed by atoms with E-state index in [0.29, 0.717) is 13.1 Å². The molecule has 1 aromatic carbocycles. The molecule has 0 saturated carbocycles. The monoisotopic (exact) mass is 324 g/mol. The van der Waals surface area contributed by atoms with Gasteiger partial charge in [0.25, 0.3) is 0 Å². The maximum Gasteiger partial charge on any atom is 0.134 e. The zero-order valence-corrected chi connectivity index (χ0v) is 12.7. The Morgan fingerprint density at radius 3 is 2.29 bits per heavy atom. The number of benzene rings is 1. The number of rotatable bonds is 5. The van der Waals surface area contributed by atoms with E-state index in [1.807, 2.05) is 4.90 Å². The summed E-state index contributed by atoms with van der Waals surface area (Å²) in [5.74, 6) is -1.24. The van der Waals surface area contributed by atoms with Gasteiger partial charge in [0.05, 0.1) is 13.8 Å². The molecule has 120 valence electrons. The SMILES string of the molecule is COc1cc(F)c([C@H](CCF)N2CCNCC2)c(F)c1.Cl. The highest BCUT2D eigenvalue weighted by molar-refractivity contribution is 5.85. The number of hydrogen-bond acceptors (Lipinski definition) is 3. The van der Waals surface area contributed by atoms with Crippen LogP contribution in [0.4, 0.5) is 13.2 Å². The molecule has 1 heterocycles. The molecule has 0 bridgehead atoms. The van der Waals surface area contributed by atoms with E-state index in [1.165, 1.54) is 7.11 Å². The first-order valence-corrected chi connectivity index (χ1v) is 6.71. The Hall–Kier alpha value is -0.980. The maximum absolute atomic E-state index is 14.1. The quantitative estimate of drug-likeness (QED) is 0.901. The van der Waals surface area contributed by atoms with Crippen LogP contribution >= 0.6 is 12.4 Å². The maximum atomic E-state index is 14.1. The van der Waals surface area contributed by atoms with Crippen molar-refractivity contribution >= 4 is 12.4 Å². The summed E-state index contributed by atoms with van der Waals surface area (Å²) in [6.07, 6.45) is 0.0835. The summed E-state index contributed by atoms with van der Waals surface area (Å²) in [6, 6.07) is 1.71. The Morgan fingerprint density at radius 2 is 1.81 bits per heavy atom. The molecule has 1 N–H and O–H groups in total. The van der Waals surface area contributed by atoms with E-state index < -0.39 is 24.4 Å². The van der Waals surface area contributed by atoms with Crippen LogP contribution < -0.4 is 10.1 Å². The number of nitrogens with zero attached hydrogens (tertiary/aromatic N) is 1. The summed E-state index contributed by atoms with van der Waals surface area (Å²) in [6.45, 7) is 2.16. The number of hydrogen-bond donors (Lipinski definition) is 1. The van der Waals surface area contributed by atoms with Crippen LogP contribution in [0.15, 0.2) is 12.1 Å². The molecule has 1 aromatic rings. The van der Waals surface area contributed by atoms with Gasteiger partial charge in [-0.15, -0.1) is 12.4 Å². The first kappa shape index (κ1) is 18.1. The number of piperazine rings is 1. The highest BCUT2D eigenvalue weighted by atomic mass is 35.5. The Kier molecular flexibility index (Phi) is 7.28. The predicted molar refractivity (Wildman–Crippen MR) is 77.9 cm³/mol. The van der Waals surface area contributed by atoms with Crippen LogP contribution in [0.2, 0.25) is 0 Å². The van der Waals surface area contributed by atoms with Crippen molar-refractivity contribution in [3.63, 3.8) is 0 Å². The largest absolute Gasteiger partial charge is 0.497 e. The summed E-state index contributed by atoms with van der Waals surface area (Å²) in [5.41, 5.74) is -0.0645. The summed E-state index contributed by atoms with van der Waals surface area (Å²) < 4.78 is 45.9. The van der Waals surface area contributed by atoms with Gasteiger partial charge < -0.3 is 10.1 Å². The van der Waals surface area contributed by atoms with Crippen LogP contribution in [0.1, 0.15) is 18.0 Å². The molecule has 0 amide bonds. The van der Waals surface area contributed by atoms with Crippen LogP contribution in [0.3, 0.4) is 0 Å². The van der Waals surface area contributed by atoms with E-state index >= 15 is 0 Å². The molecular weight excluding hydrogens is 305 g/mol. The van der Waals surface area contributed by atoms with Gasteiger partial charge in [-0.3, -0.25) is 9.29 Å². The zero-order valence-electron chi connectivity index (χ0n) is 11.9. The van der Waals surface area contributed by atoms with Gasteiger partial charge in [-0.1, -0.05) is 0 Å². The van der Waals surface area contributed by atoms with Gasteiger partial charge in [-0.2, -0.15) is 0 Å². The Labute approximate surface area is 128 Å². The lowest BCUT2D eigenvalue weighted by molar-refractivity contribution is 0.151. The second-order valence-electron chi connectivity index (χ2n) is 4.78. The predicted octanol–water partition coefficient (Wildman–Crippen LogP) is 2.70. The van der Waals surface area contributed by atoms with Gasteiger partial charge in [-0.25, -0.2) is 8.78 Å². The van der Waals surface area contributed by atoms with Crippen molar-refractivity contribution < 1.29 is 17.9 Å². The van der Waals surface area contributed by atoms with E-state index in [2.05, 4.69) is 5.32 Å². The van der Waals surface area contributed by atoms with Gasteiger partial charge in [0.15, 0.2) is 0 Å². The molecule has 1 saturated heterocycles.